The van der Waals surface area contributed by atoms with Gasteiger partial charge in [0.05, 0.1) is 6.54 Å². The summed E-state index contributed by atoms with van der Waals surface area (Å²) in [5, 5.41) is 7.20. The van der Waals surface area contributed by atoms with Crippen LogP contribution in [0, 0.1) is 12.7 Å². The lowest BCUT2D eigenvalue weighted by molar-refractivity contribution is 0.534. The summed E-state index contributed by atoms with van der Waals surface area (Å²) in [6, 6.07) is 4.57. The van der Waals surface area contributed by atoms with Gasteiger partial charge in [0.2, 0.25) is 0 Å². The summed E-state index contributed by atoms with van der Waals surface area (Å²) in [7, 11) is 1.73. The molecule has 0 unspecified atom stereocenters. The Morgan fingerprint density at radius 1 is 1.33 bits per heavy atom. The molecule has 6 heteroatoms. The zero-order chi connectivity index (χ0) is 14.5. The number of guanidine groups is 1. The largest absolute Gasteiger partial charge is 0.459 e. The number of halogens is 2. The molecule has 0 fully saturated rings. The van der Waals surface area contributed by atoms with Gasteiger partial charge in [-0.3, -0.25) is 4.99 Å². The minimum absolute atomic E-state index is 0. The summed E-state index contributed by atoms with van der Waals surface area (Å²) >= 11 is 0. The molecule has 1 aromatic heterocycles. The molecule has 0 radical (unpaired) electrons. The molecule has 0 saturated heterocycles. The third-order valence-electron chi connectivity index (χ3n) is 3.18. The van der Waals surface area contributed by atoms with Crippen molar-refractivity contribution < 1.29 is 8.81 Å². The highest BCUT2D eigenvalue weighted by molar-refractivity contribution is 14.0. The SMILES string of the molecule is CCCNC(=NC)NCc1oc2ccc(F)cc2c1C.I. The monoisotopic (exact) mass is 405 g/mol. The van der Waals surface area contributed by atoms with Crippen LogP contribution in [-0.2, 0) is 6.54 Å². The molecule has 0 aliphatic carbocycles. The first kappa shape index (κ1) is 17.7. The third-order valence-corrected chi connectivity index (χ3v) is 3.18. The summed E-state index contributed by atoms with van der Waals surface area (Å²) in [5.74, 6) is 1.28. The maximum atomic E-state index is 13.2. The molecule has 4 nitrogen and oxygen atoms in total. The third kappa shape index (κ3) is 4.33. The summed E-state index contributed by atoms with van der Waals surface area (Å²) < 4.78 is 19.0. The summed E-state index contributed by atoms with van der Waals surface area (Å²) in [5.41, 5.74) is 1.66. The van der Waals surface area contributed by atoms with E-state index in [1.54, 1.807) is 13.1 Å². The molecule has 0 saturated carbocycles. The number of nitrogens with one attached hydrogen (secondary N) is 2. The minimum atomic E-state index is -0.249. The average molecular weight is 405 g/mol. The van der Waals surface area contributed by atoms with E-state index in [0.29, 0.717) is 12.1 Å². The molecule has 0 spiro atoms. The molecule has 0 bridgehead atoms. The Hall–Kier alpha value is -1.31. The van der Waals surface area contributed by atoms with Gasteiger partial charge in [-0.25, -0.2) is 4.39 Å². The number of rotatable bonds is 4. The minimum Gasteiger partial charge on any atom is -0.459 e. The van der Waals surface area contributed by atoms with Crippen LogP contribution in [0.1, 0.15) is 24.7 Å². The van der Waals surface area contributed by atoms with Crippen molar-refractivity contribution in [3.63, 3.8) is 0 Å². The van der Waals surface area contributed by atoms with E-state index in [1.165, 1.54) is 12.1 Å². The van der Waals surface area contributed by atoms with Crippen molar-refractivity contribution >= 4 is 40.9 Å². The second-order valence-corrected chi connectivity index (χ2v) is 4.64. The molecule has 0 atom stereocenters. The fraction of sp³-hybridized carbons (Fsp3) is 0.400. The standard InChI is InChI=1S/C15H20FN3O.HI/c1-4-7-18-15(17-3)19-9-14-10(2)12-8-11(16)5-6-13(12)20-14;/h5-6,8H,4,7,9H2,1-3H3,(H2,17,18,19);1H. The normalized spacial score (nSPS) is 11.3. The second-order valence-electron chi connectivity index (χ2n) is 4.64. The van der Waals surface area contributed by atoms with Gasteiger partial charge < -0.3 is 15.1 Å². The van der Waals surface area contributed by atoms with Crippen LogP contribution in [0.3, 0.4) is 0 Å². The average Bonchev–Trinajstić information content (AvgIpc) is 2.76. The molecule has 116 valence electrons. The van der Waals surface area contributed by atoms with E-state index in [9.17, 15) is 4.39 Å². The van der Waals surface area contributed by atoms with Crippen LogP contribution < -0.4 is 10.6 Å². The van der Waals surface area contributed by atoms with Crippen molar-refractivity contribution in [1.29, 1.82) is 0 Å². The number of benzene rings is 1. The molecule has 2 aromatic rings. The zero-order valence-corrected chi connectivity index (χ0v) is 14.8. The van der Waals surface area contributed by atoms with Gasteiger partial charge in [0, 0.05) is 24.5 Å². The lowest BCUT2D eigenvalue weighted by Crippen LogP contribution is -2.37. The van der Waals surface area contributed by atoms with Crippen molar-refractivity contribution in [2.75, 3.05) is 13.6 Å². The Morgan fingerprint density at radius 3 is 2.76 bits per heavy atom. The van der Waals surface area contributed by atoms with Gasteiger partial charge >= 0.3 is 0 Å². The van der Waals surface area contributed by atoms with E-state index < -0.39 is 0 Å². The Kier molecular flexibility index (Phi) is 6.94. The molecule has 1 aromatic carbocycles. The number of nitrogens with zero attached hydrogens (tertiary/aromatic N) is 1. The number of hydrogen-bond acceptors (Lipinski definition) is 2. The van der Waals surface area contributed by atoms with Crippen molar-refractivity contribution in [1.82, 2.24) is 10.6 Å². The molecule has 0 amide bonds. The predicted molar refractivity (Wildman–Crippen MR) is 94.8 cm³/mol. The van der Waals surface area contributed by atoms with E-state index in [-0.39, 0.29) is 29.8 Å². The smallest absolute Gasteiger partial charge is 0.191 e. The van der Waals surface area contributed by atoms with E-state index in [1.807, 2.05) is 6.92 Å². The van der Waals surface area contributed by atoms with Gasteiger partial charge in [0.1, 0.15) is 17.2 Å². The zero-order valence-electron chi connectivity index (χ0n) is 12.5. The highest BCUT2D eigenvalue weighted by Crippen LogP contribution is 2.25. The summed E-state index contributed by atoms with van der Waals surface area (Å²) in [6.45, 7) is 5.41. The van der Waals surface area contributed by atoms with Gasteiger partial charge in [-0.1, -0.05) is 6.92 Å². The highest BCUT2D eigenvalue weighted by atomic mass is 127. The van der Waals surface area contributed by atoms with Crippen LogP contribution in [0.15, 0.2) is 27.6 Å². The summed E-state index contributed by atoms with van der Waals surface area (Å²) in [4.78, 5) is 4.13. The second kappa shape index (κ2) is 8.21. The molecule has 21 heavy (non-hydrogen) atoms. The van der Waals surface area contributed by atoms with Crippen LogP contribution in [-0.4, -0.2) is 19.6 Å². The maximum absolute atomic E-state index is 13.2. The van der Waals surface area contributed by atoms with Crippen LogP contribution in [0.5, 0.6) is 0 Å². The number of hydrogen-bond donors (Lipinski definition) is 2. The van der Waals surface area contributed by atoms with Gasteiger partial charge in [-0.05, 0) is 31.5 Å². The number of aliphatic imine (C=N–C) groups is 1. The van der Waals surface area contributed by atoms with Gasteiger partial charge in [-0.2, -0.15) is 0 Å². The van der Waals surface area contributed by atoms with Crippen molar-refractivity contribution in [2.24, 2.45) is 4.99 Å². The molecule has 2 rings (SSSR count). The molecular weight excluding hydrogens is 384 g/mol. The van der Waals surface area contributed by atoms with Crippen LogP contribution in [0.4, 0.5) is 4.39 Å². The van der Waals surface area contributed by atoms with Crippen LogP contribution in [0.25, 0.3) is 11.0 Å². The Bertz CT molecular complexity index is 625. The van der Waals surface area contributed by atoms with Crippen molar-refractivity contribution in [3.8, 4) is 0 Å². The molecule has 0 aliphatic heterocycles. The molecule has 2 N–H and O–H groups in total. The van der Waals surface area contributed by atoms with E-state index >= 15 is 0 Å². The lowest BCUT2D eigenvalue weighted by Gasteiger charge is -2.10. The van der Waals surface area contributed by atoms with Gasteiger partial charge in [0.15, 0.2) is 5.96 Å². The quantitative estimate of drug-likeness (QED) is 0.465. The fourth-order valence-corrected chi connectivity index (χ4v) is 2.04. The topological polar surface area (TPSA) is 49.6 Å². The number of fused-ring (bicyclic) bond motifs is 1. The van der Waals surface area contributed by atoms with E-state index in [2.05, 4.69) is 22.5 Å². The molecule has 0 aliphatic rings. The van der Waals surface area contributed by atoms with Crippen LogP contribution >= 0.6 is 24.0 Å². The van der Waals surface area contributed by atoms with Gasteiger partial charge in [0.25, 0.3) is 0 Å². The molecular formula is C15H21FIN3O. The van der Waals surface area contributed by atoms with Gasteiger partial charge in [-0.15, -0.1) is 24.0 Å². The summed E-state index contributed by atoms with van der Waals surface area (Å²) in [6.07, 6.45) is 1.03. The number of aryl methyl sites for hydroxylation is 1. The lowest BCUT2D eigenvalue weighted by atomic mass is 10.1. The first-order chi connectivity index (χ1) is 9.65. The Balaban J connectivity index is 0.00000220. The first-order valence-electron chi connectivity index (χ1n) is 6.77. The fourth-order valence-electron chi connectivity index (χ4n) is 2.04. The van der Waals surface area contributed by atoms with E-state index in [4.69, 9.17) is 4.42 Å². The maximum Gasteiger partial charge on any atom is 0.191 e. The van der Waals surface area contributed by atoms with Crippen molar-refractivity contribution in [2.45, 2.75) is 26.8 Å². The first-order valence-corrected chi connectivity index (χ1v) is 6.77. The highest BCUT2D eigenvalue weighted by Gasteiger charge is 2.11. The Labute approximate surface area is 141 Å². The van der Waals surface area contributed by atoms with E-state index in [0.717, 1.165) is 35.6 Å². The Morgan fingerprint density at radius 2 is 2.10 bits per heavy atom. The van der Waals surface area contributed by atoms with Crippen LogP contribution in [0.2, 0.25) is 0 Å². The molecule has 1 heterocycles. The van der Waals surface area contributed by atoms with Crippen molar-refractivity contribution in [3.05, 3.63) is 35.3 Å². The number of furan rings is 1. The predicted octanol–water partition coefficient (Wildman–Crippen LogP) is 3.57.